The van der Waals surface area contributed by atoms with Gasteiger partial charge in [-0.1, -0.05) is 19.4 Å². The third kappa shape index (κ3) is 34.9. The van der Waals surface area contributed by atoms with Crippen molar-refractivity contribution in [2.24, 2.45) is 0 Å². The monoisotopic (exact) mass is 1600 g/mol. The van der Waals surface area contributed by atoms with Gasteiger partial charge in [-0.2, -0.15) is 0 Å². The summed E-state index contributed by atoms with van der Waals surface area (Å²) < 4.78 is 89.3. The van der Waals surface area contributed by atoms with E-state index < -0.39 is 104 Å². The highest BCUT2D eigenvalue weighted by Crippen LogP contribution is 2.34. The molecule has 2 aromatic heterocycles. The third-order valence-electron chi connectivity index (χ3n) is 17.0. The number of aryl methyl sites for hydroxylation is 1. The molecule has 10 N–H and O–H groups in total. The lowest BCUT2D eigenvalue weighted by molar-refractivity contribution is -0.277. The van der Waals surface area contributed by atoms with Crippen molar-refractivity contribution in [3.63, 3.8) is 0 Å². The number of aliphatic hydroxyl groups excluding tert-OH is 5. The molecule has 38 nitrogen and oxygen atoms in total. The number of aromatic nitrogens is 3. The Morgan fingerprint density at radius 2 is 1.17 bits per heavy atom. The van der Waals surface area contributed by atoms with Crippen LogP contribution in [0.4, 0.5) is 16.3 Å². The van der Waals surface area contributed by atoms with E-state index in [-0.39, 0.29) is 105 Å². The molecule has 1 unspecified atom stereocenters. The number of imidazole rings is 1. The van der Waals surface area contributed by atoms with Crippen LogP contribution in [0.2, 0.25) is 0 Å². The summed E-state index contributed by atoms with van der Waals surface area (Å²) in [5.41, 5.74) is 1.47. The van der Waals surface area contributed by atoms with E-state index >= 15 is 0 Å². The van der Waals surface area contributed by atoms with Crippen LogP contribution in [-0.2, 0) is 119 Å². The lowest BCUT2D eigenvalue weighted by atomic mass is 9.99. The fourth-order valence-electron chi connectivity index (χ4n) is 11.1. The van der Waals surface area contributed by atoms with Gasteiger partial charge in [-0.05, 0) is 68.5 Å². The highest BCUT2D eigenvalue weighted by Gasteiger charge is 2.45. The summed E-state index contributed by atoms with van der Waals surface area (Å²) in [6.45, 7) is 11.9. The molecule has 1 saturated heterocycles. The number of esters is 1. The quantitative estimate of drug-likeness (QED) is 0.0166. The molecule has 4 aromatic rings. The second-order valence-corrected chi connectivity index (χ2v) is 25.8. The van der Waals surface area contributed by atoms with Gasteiger partial charge in [0.1, 0.15) is 54.2 Å². The van der Waals surface area contributed by atoms with E-state index in [0.29, 0.717) is 174 Å². The number of methoxy groups -OCH3 is 2. The van der Waals surface area contributed by atoms with E-state index in [1.807, 2.05) is 11.5 Å². The summed E-state index contributed by atoms with van der Waals surface area (Å²) in [5.74, 6) is -3.72. The molecule has 0 spiro atoms. The lowest BCUT2D eigenvalue weighted by Crippen LogP contribution is -2.60. The van der Waals surface area contributed by atoms with Crippen molar-refractivity contribution in [2.45, 2.75) is 128 Å². The molecule has 2 aromatic carbocycles. The van der Waals surface area contributed by atoms with Crippen LogP contribution < -0.4 is 31.3 Å². The molecule has 0 saturated carbocycles. The number of anilines is 2. The molecule has 1 fully saturated rings. The molecular weight excluding hydrogens is 1490 g/mol. The van der Waals surface area contributed by atoms with E-state index in [0.717, 1.165) is 29.9 Å². The number of rotatable bonds is 62. The third-order valence-corrected chi connectivity index (χ3v) is 17.0. The number of pyridine rings is 1. The Bertz CT molecular complexity index is 3530. The van der Waals surface area contributed by atoms with Crippen LogP contribution in [0.3, 0.4) is 0 Å². The SMILES string of the molecule is CCCCc1nc2c(NC(=O)OCc3ccc(O[C@H]4O[C@H](CO)[C@@H](O)[C@H](O)[C@@H]4O)c(NC(=O)CCNC(=O)[C@H](CCCCNC(=O)CCOCCOCCOCCOCCOCCOCCOCCOCCOCCOCCOCCOC)NC(=O)CCN4C(=O)C=CC4=O)c3)nc3cc(C(=O)OC)ccc3c2n1CC(C)O. The first kappa shape index (κ1) is 93.8. The molecule has 7 atom stereocenters. The first-order chi connectivity index (χ1) is 54.8. The van der Waals surface area contributed by atoms with Gasteiger partial charge in [0.05, 0.1) is 201 Å². The molecule has 7 amide bonds. The predicted octanol–water partition coefficient (Wildman–Crippen LogP) is 0.772. The topological polar surface area (TPSA) is 479 Å². The Hall–Kier alpha value is -8.10. The van der Waals surface area contributed by atoms with Gasteiger partial charge < -0.3 is 127 Å². The zero-order chi connectivity index (χ0) is 81.4. The molecule has 6 rings (SSSR count). The normalized spacial score (nSPS) is 16.7. The zero-order valence-corrected chi connectivity index (χ0v) is 64.9. The van der Waals surface area contributed by atoms with Crippen LogP contribution in [0, 0.1) is 0 Å². The fourth-order valence-corrected chi connectivity index (χ4v) is 11.1. The maximum absolute atomic E-state index is 13.8. The number of fused-ring (bicyclic) bond motifs is 3. The number of ether oxygens (including phenoxy) is 16. The van der Waals surface area contributed by atoms with Crippen molar-refractivity contribution < 1.29 is 140 Å². The highest BCUT2D eigenvalue weighted by molar-refractivity contribution is 6.13. The number of hydrogen-bond acceptors (Lipinski definition) is 31. The van der Waals surface area contributed by atoms with Gasteiger partial charge in [0.2, 0.25) is 29.9 Å². The molecule has 4 heterocycles. The Morgan fingerprint density at radius 3 is 1.71 bits per heavy atom. The average molecular weight is 1600 g/mol. The Balaban J connectivity index is 0.884. The van der Waals surface area contributed by atoms with Crippen molar-refractivity contribution in [3.05, 3.63) is 65.5 Å². The summed E-state index contributed by atoms with van der Waals surface area (Å²) in [5, 5.41) is 66.4. The number of carbonyl (C=O) groups excluding carboxylic acids is 8. The van der Waals surface area contributed by atoms with Crippen molar-refractivity contribution >= 4 is 80.9 Å². The number of nitrogens with zero attached hydrogens (tertiary/aromatic N) is 4. The van der Waals surface area contributed by atoms with E-state index in [1.54, 1.807) is 26.2 Å². The zero-order valence-electron chi connectivity index (χ0n) is 64.9. The van der Waals surface area contributed by atoms with Crippen LogP contribution in [0.15, 0.2) is 48.6 Å². The average Bonchev–Trinajstić information content (AvgIpc) is 1.62. The van der Waals surface area contributed by atoms with Crippen molar-refractivity contribution in [1.29, 1.82) is 0 Å². The largest absolute Gasteiger partial charge is 0.465 e. The number of imide groups is 1. The minimum atomic E-state index is -1.86. The summed E-state index contributed by atoms with van der Waals surface area (Å²) in [7, 11) is 2.86. The molecule has 38 heteroatoms. The van der Waals surface area contributed by atoms with Crippen molar-refractivity contribution in [3.8, 4) is 5.75 Å². The molecule has 0 radical (unpaired) electrons. The van der Waals surface area contributed by atoms with Gasteiger partial charge in [-0.15, -0.1) is 0 Å². The van der Waals surface area contributed by atoms with E-state index in [2.05, 4.69) is 31.6 Å². The smallest absolute Gasteiger partial charge is 0.413 e. The van der Waals surface area contributed by atoms with Gasteiger partial charge >= 0.3 is 12.1 Å². The van der Waals surface area contributed by atoms with Crippen LogP contribution in [-0.4, -0.2) is 328 Å². The Labute approximate surface area is 655 Å². The number of aliphatic hydroxyl groups is 5. The first-order valence-electron chi connectivity index (χ1n) is 38.0. The summed E-state index contributed by atoms with van der Waals surface area (Å²) in [6, 6.07) is 7.72. The van der Waals surface area contributed by atoms with E-state index in [1.165, 1.54) is 31.4 Å². The minimum Gasteiger partial charge on any atom is -0.465 e. The number of benzene rings is 2. The van der Waals surface area contributed by atoms with Crippen molar-refractivity contribution in [1.82, 2.24) is 35.4 Å². The molecule has 113 heavy (non-hydrogen) atoms. The number of carbonyl (C=O) groups is 8. The molecule has 2 aliphatic rings. The van der Waals surface area contributed by atoms with Crippen LogP contribution in [0.25, 0.3) is 21.9 Å². The summed E-state index contributed by atoms with van der Waals surface area (Å²) in [6.07, 6.45) is -5.85. The van der Waals surface area contributed by atoms with Crippen LogP contribution in [0.5, 0.6) is 5.75 Å². The maximum Gasteiger partial charge on any atom is 0.413 e. The van der Waals surface area contributed by atoms with Crippen LogP contribution >= 0.6 is 0 Å². The second kappa shape index (κ2) is 54.6. The maximum atomic E-state index is 13.8. The number of unbranched alkanes of at least 4 members (excludes halogenated alkanes) is 2. The van der Waals surface area contributed by atoms with Gasteiger partial charge in [0.25, 0.3) is 11.8 Å². The van der Waals surface area contributed by atoms with Crippen molar-refractivity contribution in [2.75, 3.05) is 203 Å². The molecular formula is C75H113N9O29. The summed E-state index contributed by atoms with van der Waals surface area (Å²) >= 11 is 0. The van der Waals surface area contributed by atoms with Gasteiger partial charge in [0.15, 0.2) is 5.82 Å². The second-order valence-electron chi connectivity index (χ2n) is 25.8. The van der Waals surface area contributed by atoms with Gasteiger partial charge in [-0.3, -0.25) is 39.0 Å². The van der Waals surface area contributed by atoms with E-state index in [9.17, 15) is 63.9 Å². The minimum absolute atomic E-state index is 0.0208. The summed E-state index contributed by atoms with van der Waals surface area (Å²) in [4.78, 5) is 115. The number of amides is 7. The molecule has 0 aliphatic carbocycles. The van der Waals surface area contributed by atoms with Crippen LogP contribution in [0.1, 0.15) is 87.0 Å². The van der Waals surface area contributed by atoms with Gasteiger partial charge in [0, 0.05) is 70.0 Å². The number of nitrogens with one attached hydrogen (secondary N) is 5. The Morgan fingerprint density at radius 1 is 0.602 bits per heavy atom. The first-order valence-corrected chi connectivity index (χ1v) is 38.0. The highest BCUT2D eigenvalue weighted by atomic mass is 16.7. The lowest BCUT2D eigenvalue weighted by Gasteiger charge is -2.39. The van der Waals surface area contributed by atoms with E-state index in [4.69, 9.17) is 80.8 Å². The number of hydrogen-bond donors (Lipinski definition) is 10. The molecule has 0 bridgehead atoms. The molecule has 632 valence electrons. The predicted molar refractivity (Wildman–Crippen MR) is 402 cm³/mol. The standard InChI is InChI=1S/C75H113N9O29/c1-5-6-10-60-81-66-67(84(60)48-51(2)86)54-13-12-53(73(96)99-4)47-56(54)80-71(66)82-75(97)111-50-52-11-14-58(112-74-70(94)69(93)68(92)59(49-85)113-74)57(46-52)79-62(88)17-21-77-72(95)55(78-63(89)18-22-83-64(90)15-16-65(83)91)9-7-8-20-76-61(87)19-23-100-26-27-102-30-31-104-34-35-106-38-39-108-42-43-110-45-44-109-41-40-107-37-36-105-33-32-103-29-28-101-25-24-98-3/h11-16,46-47,51,55,59,68-70,74,85-86,92-94H,5-10,17-45,48-50H2,1-4H3,(H,76,87)(H,77,95)(H,78,89)(H,79,88)(H,80,82,97)/t51?,55-,59+,68+,69-,70-,74-/m0/s1. The fraction of sp³-hybridized carbons (Fsp3) is 0.653. The Kier molecular flexibility index (Phi) is 45.3. The molecule has 2 aliphatic heterocycles. The van der Waals surface area contributed by atoms with Gasteiger partial charge in [-0.25, -0.2) is 19.6 Å².